The Kier molecular flexibility index (Phi) is 4.70. The number of ether oxygens (including phenoxy) is 2. The van der Waals surface area contributed by atoms with Gasteiger partial charge in [0, 0.05) is 16.7 Å². The minimum atomic E-state index is -1.11. The van der Waals surface area contributed by atoms with Crippen molar-refractivity contribution in [2.45, 2.75) is 13.0 Å². The van der Waals surface area contributed by atoms with Crippen LogP contribution in [-0.4, -0.2) is 19.3 Å². The van der Waals surface area contributed by atoms with Crippen LogP contribution in [0.15, 0.2) is 30.3 Å². The molecule has 1 atom stereocenters. The molecule has 112 valence electrons. The minimum absolute atomic E-state index is 0.123. The molecule has 2 aromatic rings. The van der Waals surface area contributed by atoms with E-state index >= 15 is 0 Å². The molecule has 0 bridgehead atoms. The van der Waals surface area contributed by atoms with Gasteiger partial charge in [-0.1, -0.05) is 17.7 Å². The van der Waals surface area contributed by atoms with Crippen molar-refractivity contribution in [1.29, 1.82) is 0 Å². The molecule has 0 fully saturated rings. The number of aliphatic hydroxyl groups is 1. The van der Waals surface area contributed by atoms with Crippen molar-refractivity contribution in [3.05, 3.63) is 57.9 Å². The van der Waals surface area contributed by atoms with Gasteiger partial charge in [0.05, 0.1) is 14.2 Å². The molecule has 0 aliphatic heterocycles. The average molecular weight is 311 g/mol. The predicted octanol–water partition coefficient (Wildman–Crippen LogP) is 3.89. The topological polar surface area (TPSA) is 38.7 Å². The van der Waals surface area contributed by atoms with Gasteiger partial charge >= 0.3 is 0 Å². The fourth-order valence-corrected chi connectivity index (χ4v) is 2.42. The Hall–Kier alpha value is -1.78. The van der Waals surface area contributed by atoms with Gasteiger partial charge in [0.15, 0.2) is 11.5 Å². The molecule has 0 aliphatic carbocycles. The van der Waals surface area contributed by atoms with Crippen LogP contribution in [0, 0.1) is 12.7 Å². The molecule has 2 aromatic carbocycles. The maximum Gasteiger partial charge on any atom is 0.163 e. The number of halogens is 2. The van der Waals surface area contributed by atoms with Gasteiger partial charge in [-0.05, 0) is 36.2 Å². The fraction of sp³-hybridized carbons (Fsp3) is 0.250. The molecule has 0 saturated heterocycles. The minimum Gasteiger partial charge on any atom is -0.493 e. The summed E-state index contributed by atoms with van der Waals surface area (Å²) >= 11 is 5.89. The zero-order chi connectivity index (χ0) is 15.6. The van der Waals surface area contributed by atoms with E-state index in [4.69, 9.17) is 21.1 Å². The summed E-state index contributed by atoms with van der Waals surface area (Å²) in [5.74, 6) is 0.0767. The summed E-state index contributed by atoms with van der Waals surface area (Å²) in [5, 5.41) is 11.0. The lowest BCUT2D eigenvalue weighted by atomic mass is 9.97. The Morgan fingerprint density at radius 2 is 1.67 bits per heavy atom. The third kappa shape index (κ3) is 3.12. The van der Waals surface area contributed by atoms with Crippen molar-refractivity contribution < 1.29 is 19.0 Å². The lowest BCUT2D eigenvalue weighted by Crippen LogP contribution is -2.06. The Bertz CT molecular complexity index is 658. The molecule has 5 heteroatoms. The van der Waals surface area contributed by atoms with Gasteiger partial charge < -0.3 is 14.6 Å². The highest BCUT2D eigenvalue weighted by atomic mass is 35.5. The molecule has 0 saturated carbocycles. The number of aliphatic hydroxyl groups excluding tert-OH is 1. The second kappa shape index (κ2) is 6.33. The molecule has 0 radical (unpaired) electrons. The summed E-state index contributed by atoms with van der Waals surface area (Å²) in [6.07, 6.45) is -1.11. The average Bonchev–Trinajstić information content (AvgIpc) is 2.46. The summed E-state index contributed by atoms with van der Waals surface area (Å²) in [6.45, 7) is 1.81. The van der Waals surface area contributed by atoms with Crippen LogP contribution in [0.1, 0.15) is 22.8 Å². The van der Waals surface area contributed by atoms with Gasteiger partial charge in [0.25, 0.3) is 0 Å². The number of methoxy groups -OCH3 is 2. The van der Waals surface area contributed by atoms with E-state index in [9.17, 15) is 9.50 Å². The molecule has 3 nitrogen and oxygen atoms in total. The molecular formula is C16H16ClFO3. The number of aryl methyl sites for hydroxylation is 1. The van der Waals surface area contributed by atoms with Crippen LogP contribution >= 0.6 is 11.6 Å². The third-order valence-corrected chi connectivity index (χ3v) is 3.56. The van der Waals surface area contributed by atoms with Crippen molar-refractivity contribution in [3.8, 4) is 11.5 Å². The fourth-order valence-electron chi connectivity index (χ4n) is 2.19. The normalized spacial score (nSPS) is 12.1. The lowest BCUT2D eigenvalue weighted by molar-refractivity contribution is 0.213. The highest BCUT2D eigenvalue weighted by Crippen LogP contribution is 2.35. The Morgan fingerprint density at radius 3 is 2.24 bits per heavy atom. The van der Waals surface area contributed by atoms with E-state index in [1.807, 2.05) is 6.92 Å². The van der Waals surface area contributed by atoms with Crippen LogP contribution < -0.4 is 9.47 Å². The summed E-state index contributed by atoms with van der Waals surface area (Å²) < 4.78 is 24.4. The number of benzene rings is 2. The van der Waals surface area contributed by atoms with Crippen molar-refractivity contribution >= 4 is 11.6 Å². The second-order valence-electron chi connectivity index (χ2n) is 4.63. The Balaban J connectivity index is 2.50. The van der Waals surface area contributed by atoms with Crippen molar-refractivity contribution in [2.75, 3.05) is 14.2 Å². The van der Waals surface area contributed by atoms with Crippen LogP contribution in [0.2, 0.25) is 5.02 Å². The smallest absolute Gasteiger partial charge is 0.163 e. The standard InChI is InChI=1S/C16H16ClFO3/c1-9-6-10(17)4-5-11(9)16(19)12-7-14(20-2)15(21-3)8-13(12)18/h4-8,16,19H,1-3H3. The quantitative estimate of drug-likeness (QED) is 0.931. The van der Waals surface area contributed by atoms with Gasteiger partial charge in [-0.2, -0.15) is 0 Å². The number of hydrogen-bond acceptors (Lipinski definition) is 3. The lowest BCUT2D eigenvalue weighted by Gasteiger charge is -2.17. The molecule has 21 heavy (non-hydrogen) atoms. The van der Waals surface area contributed by atoms with Gasteiger partial charge in [0.2, 0.25) is 0 Å². The summed E-state index contributed by atoms with van der Waals surface area (Å²) in [7, 11) is 2.89. The van der Waals surface area contributed by atoms with Gasteiger partial charge in [0.1, 0.15) is 11.9 Å². The first kappa shape index (κ1) is 15.6. The third-order valence-electron chi connectivity index (χ3n) is 3.32. The first-order valence-corrected chi connectivity index (χ1v) is 6.71. The molecule has 0 aromatic heterocycles. The summed E-state index contributed by atoms with van der Waals surface area (Å²) in [4.78, 5) is 0. The van der Waals surface area contributed by atoms with Gasteiger partial charge in [-0.25, -0.2) is 4.39 Å². The molecule has 1 N–H and O–H groups in total. The van der Waals surface area contributed by atoms with Crippen molar-refractivity contribution in [3.63, 3.8) is 0 Å². The van der Waals surface area contributed by atoms with Crippen LogP contribution in [0.4, 0.5) is 4.39 Å². The molecule has 0 spiro atoms. The van der Waals surface area contributed by atoms with E-state index in [0.29, 0.717) is 16.3 Å². The van der Waals surface area contributed by atoms with E-state index in [-0.39, 0.29) is 11.3 Å². The number of rotatable bonds is 4. The highest BCUT2D eigenvalue weighted by molar-refractivity contribution is 6.30. The molecule has 0 aliphatic rings. The first-order chi connectivity index (χ1) is 9.97. The van der Waals surface area contributed by atoms with E-state index in [2.05, 4.69) is 0 Å². The predicted molar refractivity (Wildman–Crippen MR) is 79.8 cm³/mol. The van der Waals surface area contributed by atoms with Gasteiger partial charge in [-0.15, -0.1) is 0 Å². The Labute approximate surface area is 127 Å². The van der Waals surface area contributed by atoms with Crippen LogP contribution in [0.25, 0.3) is 0 Å². The van der Waals surface area contributed by atoms with Crippen molar-refractivity contribution in [1.82, 2.24) is 0 Å². The van der Waals surface area contributed by atoms with Crippen LogP contribution in [0.5, 0.6) is 11.5 Å². The van der Waals surface area contributed by atoms with E-state index in [1.54, 1.807) is 18.2 Å². The highest BCUT2D eigenvalue weighted by Gasteiger charge is 2.20. The molecule has 0 heterocycles. The SMILES string of the molecule is COc1cc(F)c(C(O)c2ccc(Cl)cc2C)cc1OC. The maximum absolute atomic E-state index is 14.2. The molecular weight excluding hydrogens is 295 g/mol. The zero-order valence-corrected chi connectivity index (χ0v) is 12.7. The summed E-state index contributed by atoms with van der Waals surface area (Å²) in [5.41, 5.74) is 1.49. The molecule has 0 amide bonds. The van der Waals surface area contributed by atoms with E-state index < -0.39 is 11.9 Å². The molecule has 1 unspecified atom stereocenters. The largest absolute Gasteiger partial charge is 0.493 e. The van der Waals surface area contributed by atoms with Crippen molar-refractivity contribution in [2.24, 2.45) is 0 Å². The first-order valence-electron chi connectivity index (χ1n) is 6.33. The van der Waals surface area contributed by atoms with Gasteiger partial charge in [-0.3, -0.25) is 0 Å². The van der Waals surface area contributed by atoms with E-state index in [0.717, 1.165) is 5.56 Å². The monoisotopic (exact) mass is 310 g/mol. The van der Waals surface area contributed by atoms with E-state index in [1.165, 1.54) is 26.4 Å². The second-order valence-corrected chi connectivity index (χ2v) is 5.07. The molecule has 2 rings (SSSR count). The number of hydrogen-bond donors (Lipinski definition) is 1. The maximum atomic E-state index is 14.2. The van der Waals surface area contributed by atoms with Crippen LogP contribution in [-0.2, 0) is 0 Å². The zero-order valence-electron chi connectivity index (χ0n) is 12.0. The summed E-state index contributed by atoms with van der Waals surface area (Å²) in [6, 6.07) is 7.69. The van der Waals surface area contributed by atoms with Crippen LogP contribution in [0.3, 0.4) is 0 Å². The Morgan fingerprint density at radius 1 is 1.05 bits per heavy atom.